The van der Waals surface area contributed by atoms with Crippen molar-refractivity contribution in [1.29, 1.82) is 0 Å². The summed E-state index contributed by atoms with van der Waals surface area (Å²) >= 11 is 0. The number of unbranched alkanes of at least 4 members (excludes halogenated alkanes) is 6. The van der Waals surface area contributed by atoms with Crippen molar-refractivity contribution in [2.75, 3.05) is 19.8 Å². The second-order valence-corrected chi connectivity index (χ2v) is 6.90. The number of hydrogen-bond donors (Lipinski definition) is 5. The molecular weight excluding hydrogens is 342 g/mol. The molecule has 1 aliphatic heterocycles. The highest BCUT2D eigenvalue weighted by Gasteiger charge is 2.46. The quantitative estimate of drug-likeness (QED) is 0.296. The van der Waals surface area contributed by atoms with Crippen LogP contribution in [-0.2, 0) is 9.53 Å². The van der Waals surface area contributed by atoms with E-state index in [1.807, 2.05) is 0 Å². The Morgan fingerprint density at radius 2 is 1.54 bits per heavy atom. The van der Waals surface area contributed by atoms with Gasteiger partial charge in [-0.15, -0.1) is 0 Å². The van der Waals surface area contributed by atoms with Gasteiger partial charge >= 0.3 is 0 Å². The molecule has 0 spiro atoms. The van der Waals surface area contributed by atoms with E-state index < -0.39 is 37.3 Å². The zero-order chi connectivity index (χ0) is 19.5. The van der Waals surface area contributed by atoms with E-state index in [-0.39, 0.29) is 25.5 Å². The van der Waals surface area contributed by atoms with Crippen molar-refractivity contribution in [2.45, 2.75) is 88.9 Å². The van der Waals surface area contributed by atoms with E-state index in [1.165, 1.54) is 24.2 Å². The molecule has 0 aliphatic carbocycles. The van der Waals surface area contributed by atoms with Crippen molar-refractivity contribution in [1.82, 2.24) is 4.90 Å². The van der Waals surface area contributed by atoms with Gasteiger partial charge in [0.05, 0.1) is 13.2 Å². The lowest BCUT2D eigenvalue weighted by atomic mass is 9.97. The molecule has 0 aromatic rings. The van der Waals surface area contributed by atoms with Gasteiger partial charge in [-0.1, -0.05) is 45.4 Å². The highest BCUT2D eigenvalue weighted by Crippen LogP contribution is 2.24. The van der Waals surface area contributed by atoms with Gasteiger partial charge in [0.15, 0.2) is 6.23 Å². The van der Waals surface area contributed by atoms with Crippen molar-refractivity contribution >= 4 is 5.91 Å². The lowest BCUT2D eigenvalue weighted by molar-refractivity contribution is -0.263. The zero-order valence-corrected chi connectivity index (χ0v) is 15.7. The van der Waals surface area contributed by atoms with Crippen LogP contribution >= 0.6 is 0 Å². The Hall–Kier alpha value is -0.770. The van der Waals surface area contributed by atoms with Crippen LogP contribution in [-0.4, -0.2) is 86.7 Å². The summed E-state index contributed by atoms with van der Waals surface area (Å²) in [6.45, 7) is 1.23. The fourth-order valence-electron chi connectivity index (χ4n) is 3.22. The maximum atomic E-state index is 12.5. The molecule has 26 heavy (non-hydrogen) atoms. The maximum absolute atomic E-state index is 12.5. The third kappa shape index (κ3) is 6.75. The molecule has 154 valence electrons. The van der Waals surface area contributed by atoms with Gasteiger partial charge in [-0.05, 0) is 6.42 Å². The molecule has 0 radical (unpaired) electrons. The molecule has 0 unspecified atom stereocenters. The van der Waals surface area contributed by atoms with Gasteiger partial charge in [0.1, 0.15) is 24.4 Å². The molecule has 8 heteroatoms. The van der Waals surface area contributed by atoms with Gasteiger partial charge < -0.3 is 35.2 Å². The number of ether oxygens (including phenoxy) is 1. The third-order valence-electron chi connectivity index (χ3n) is 4.83. The summed E-state index contributed by atoms with van der Waals surface area (Å²) in [6.07, 6.45) is 0.879. The van der Waals surface area contributed by atoms with E-state index in [1.54, 1.807) is 0 Å². The third-order valence-corrected chi connectivity index (χ3v) is 4.83. The van der Waals surface area contributed by atoms with E-state index in [0.29, 0.717) is 6.42 Å². The normalized spacial score (nSPS) is 28.9. The largest absolute Gasteiger partial charge is 0.395 e. The lowest BCUT2D eigenvalue weighted by Gasteiger charge is -2.44. The van der Waals surface area contributed by atoms with E-state index in [0.717, 1.165) is 19.3 Å². The SMILES string of the molecule is CCCCCCCCCC(=O)N(CCO)[C@@H]1O[C@H](CO)[C@@H](O)[C@H](O)[C@H]1O. The number of aliphatic hydroxyl groups is 5. The van der Waals surface area contributed by atoms with Crippen LogP contribution in [0.25, 0.3) is 0 Å². The molecule has 0 aromatic heterocycles. The molecule has 1 rings (SSSR count). The Bertz CT molecular complexity index is 394. The van der Waals surface area contributed by atoms with Crippen molar-refractivity contribution < 1.29 is 35.1 Å². The Morgan fingerprint density at radius 1 is 0.923 bits per heavy atom. The second-order valence-electron chi connectivity index (χ2n) is 6.90. The fraction of sp³-hybridized carbons (Fsp3) is 0.944. The Kier molecular flexibility index (Phi) is 11.3. The number of amides is 1. The average Bonchev–Trinajstić information content (AvgIpc) is 2.64. The summed E-state index contributed by atoms with van der Waals surface area (Å²) in [7, 11) is 0. The summed E-state index contributed by atoms with van der Waals surface area (Å²) in [6, 6.07) is 0. The topological polar surface area (TPSA) is 131 Å². The summed E-state index contributed by atoms with van der Waals surface area (Å²) in [5.41, 5.74) is 0. The monoisotopic (exact) mass is 377 g/mol. The number of aliphatic hydroxyl groups excluding tert-OH is 5. The Labute approximate surface area is 155 Å². The maximum Gasteiger partial charge on any atom is 0.224 e. The van der Waals surface area contributed by atoms with E-state index in [4.69, 9.17) is 4.74 Å². The summed E-state index contributed by atoms with van der Waals surface area (Å²) in [5.74, 6) is -0.295. The number of hydrogen-bond acceptors (Lipinski definition) is 7. The first-order chi connectivity index (χ1) is 12.5. The minimum Gasteiger partial charge on any atom is -0.395 e. The van der Waals surface area contributed by atoms with Gasteiger partial charge in [-0.25, -0.2) is 0 Å². The smallest absolute Gasteiger partial charge is 0.224 e. The molecule has 1 fully saturated rings. The van der Waals surface area contributed by atoms with Crippen LogP contribution in [0.2, 0.25) is 0 Å². The Balaban J connectivity index is 2.56. The van der Waals surface area contributed by atoms with Crippen molar-refractivity contribution in [3.8, 4) is 0 Å². The average molecular weight is 377 g/mol. The predicted octanol–water partition coefficient (Wildman–Crippen LogP) is -0.252. The second kappa shape index (κ2) is 12.6. The number of carbonyl (C=O) groups excluding carboxylic acids is 1. The first-order valence-electron chi connectivity index (χ1n) is 9.68. The minimum atomic E-state index is -1.54. The van der Waals surface area contributed by atoms with E-state index in [2.05, 4.69) is 6.92 Å². The molecule has 0 bridgehead atoms. The van der Waals surface area contributed by atoms with Crippen LogP contribution < -0.4 is 0 Å². The van der Waals surface area contributed by atoms with Crippen LogP contribution in [0.3, 0.4) is 0 Å². The highest BCUT2D eigenvalue weighted by molar-refractivity contribution is 5.76. The van der Waals surface area contributed by atoms with Crippen LogP contribution in [0.1, 0.15) is 58.3 Å². The van der Waals surface area contributed by atoms with Gasteiger partial charge in [-0.2, -0.15) is 0 Å². The number of nitrogens with zero attached hydrogens (tertiary/aromatic N) is 1. The number of rotatable bonds is 12. The standard InChI is InChI=1S/C18H35NO7/c1-2-3-4-5-6-7-8-9-14(22)19(10-11-20)18-17(25)16(24)15(23)13(12-21)26-18/h13,15-18,20-21,23-25H,2-12H2,1H3/t13-,15-,16+,17-,18-/m1/s1. The molecular formula is C18H35NO7. The first-order valence-corrected chi connectivity index (χ1v) is 9.68. The minimum absolute atomic E-state index is 0.0575. The summed E-state index contributed by atoms with van der Waals surface area (Å²) in [5, 5.41) is 48.4. The summed E-state index contributed by atoms with van der Waals surface area (Å²) < 4.78 is 5.42. The van der Waals surface area contributed by atoms with Crippen LogP contribution in [0, 0.1) is 0 Å². The van der Waals surface area contributed by atoms with Crippen molar-refractivity contribution in [3.63, 3.8) is 0 Å². The first kappa shape index (κ1) is 23.3. The molecule has 0 saturated carbocycles. The molecule has 1 aliphatic rings. The molecule has 1 heterocycles. The van der Waals surface area contributed by atoms with Gasteiger partial charge in [0.2, 0.25) is 5.91 Å². The van der Waals surface area contributed by atoms with Gasteiger partial charge in [0, 0.05) is 13.0 Å². The molecule has 0 aromatic carbocycles. The van der Waals surface area contributed by atoms with Crippen molar-refractivity contribution in [2.24, 2.45) is 0 Å². The molecule has 8 nitrogen and oxygen atoms in total. The van der Waals surface area contributed by atoms with Gasteiger partial charge in [0.25, 0.3) is 0 Å². The van der Waals surface area contributed by atoms with Crippen LogP contribution in [0.15, 0.2) is 0 Å². The molecule has 5 N–H and O–H groups in total. The van der Waals surface area contributed by atoms with Crippen LogP contribution in [0.4, 0.5) is 0 Å². The van der Waals surface area contributed by atoms with Crippen molar-refractivity contribution in [3.05, 3.63) is 0 Å². The number of carbonyl (C=O) groups is 1. The zero-order valence-electron chi connectivity index (χ0n) is 15.7. The van der Waals surface area contributed by atoms with Gasteiger partial charge in [-0.3, -0.25) is 4.79 Å². The molecule has 5 atom stereocenters. The predicted molar refractivity (Wildman–Crippen MR) is 95.2 cm³/mol. The van der Waals surface area contributed by atoms with E-state index in [9.17, 15) is 30.3 Å². The highest BCUT2D eigenvalue weighted by atomic mass is 16.6. The van der Waals surface area contributed by atoms with E-state index >= 15 is 0 Å². The molecule has 1 saturated heterocycles. The fourth-order valence-corrected chi connectivity index (χ4v) is 3.22. The van der Waals surface area contributed by atoms with Crippen LogP contribution in [0.5, 0.6) is 0 Å². The lowest BCUT2D eigenvalue weighted by Crippen LogP contribution is -2.64. The summed E-state index contributed by atoms with van der Waals surface area (Å²) in [4.78, 5) is 13.7. The molecule has 1 amide bonds. The Morgan fingerprint density at radius 3 is 2.12 bits per heavy atom.